The van der Waals surface area contributed by atoms with Gasteiger partial charge < -0.3 is 10.6 Å². The van der Waals surface area contributed by atoms with E-state index in [9.17, 15) is 9.59 Å². The number of carbonyl (C=O) groups excluding carboxylic acids is 1. The Morgan fingerprint density at radius 1 is 1.48 bits per heavy atom. The van der Waals surface area contributed by atoms with E-state index in [1.54, 1.807) is 24.4 Å². The molecule has 1 amide bonds. The van der Waals surface area contributed by atoms with Crippen LogP contribution >= 0.6 is 0 Å². The summed E-state index contributed by atoms with van der Waals surface area (Å²) in [5.41, 5.74) is 0.291. The van der Waals surface area contributed by atoms with Gasteiger partial charge in [-0.05, 0) is 38.4 Å². The quantitative estimate of drug-likeness (QED) is 0.846. The van der Waals surface area contributed by atoms with Gasteiger partial charge in [0.25, 0.3) is 11.5 Å². The molecule has 1 saturated heterocycles. The third-order valence-corrected chi connectivity index (χ3v) is 3.82. The van der Waals surface area contributed by atoms with Gasteiger partial charge in [0, 0.05) is 24.5 Å². The van der Waals surface area contributed by atoms with Crippen molar-refractivity contribution in [2.24, 2.45) is 0 Å². The molecular weight excluding hydrogens is 268 g/mol. The number of nitrogens with one attached hydrogen (secondary N) is 2. The monoisotopic (exact) mass is 286 g/mol. The number of carbonyl (C=O) groups is 1. The van der Waals surface area contributed by atoms with Gasteiger partial charge in [0.05, 0.1) is 0 Å². The highest BCUT2D eigenvalue weighted by atomic mass is 16.2. The number of piperidine rings is 1. The molecule has 0 saturated carbocycles. The summed E-state index contributed by atoms with van der Waals surface area (Å²) in [4.78, 5) is 28.8. The first kappa shape index (κ1) is 13.8. The van der Waals surface area contributed by atoms with Crippen LogP contribution in [0.15, 0.2) is 35.4 Å². The number of fused-ring (bicyclic) bond motifs is 1. The molecular formula is C15H18N4O2. The molecule has 0 spiro atoms. The number of aromatic nitrogens is 2. The molecule has 0 aliphatic carbocycles. The molecule has 3 heterocycles. The third kappa shape index (κ3) is 2.80. The molecule has 2 unspecified atom stereocenters. The number of rotatable bonds is 2. The summed E-state index contributed by atoms with van der Waals surface area (Å²) < 4.78 is 1.39. The molecule has 2 aromatic rings. The zero-order chi connectivity index (χ0) is 14.8. The van der Waals surface area contributed by atoms with Crippen molar-refractivity contribution < 1.29 is 4.79 Å². The third-order valence-electron chi connectivity index (χ3n) is 3.82. The second-order valence-electron chi connectivity index (χ2n) is 5.46. The van der Waals surface area contributed by atoms with E-state index in [1.165, 1.54) is 10.6 Å². The molecule has 21 heavy (non-hydrogen) atoms. The van der Waals surface area contributed by atoms with Gasteiger partial charge in [-0.25, -0.2) is 4.98 Å². The number of hydrogen-bond donors (Lipinski definition) is 2. The fraction of sp³-hybridized carbons (Fsp3) is 0.400. The Hall–Kier alpha value is -2.21. The lowest BCUT2D eigenvalue weighted by Crippen LogP contribution is -2.47. The number of amides is 1. The molecule has 6 heteroatoms. The minimum absolute atomic E-state index is 0.0879. The molecule has 0 aromatic carbocycles. The Labute approximate surface area is 122 Å². The lowest BCUT2D eigenvalue weighted by molar-refractivity contribution is 0.0923. The maximum atomic E-state index is 12.3. The number of hydrogen-bond acceptors (Lipinski definition) is 4. The van der Waals surface area contributed by atoms with Crippen LogP contribution in [0.3, 0.4) is 0 Å². The molecule has 3 rings (SSSR count). The van der Waals surface area contributed by atoms with Gasteiger partial charge >= 0.3 is 0 Å². The fourth-order valence-electron chi connectivity index (χ4n) is 2.71. The van der Waals surface area contributed by atoms with E-state index in [0.717, 1.165) is 19.4 Å². The molecule has 0 bridgehead atoms. The Bertz CT molecular complexity index is 725. The predicted molar refractivity (Wildman–Crippen MR) is 79.4 cm³/mol. The van der Waals surface area contributed by atoms with Crippen molar-refractivity contribution in [1.82, 2.24) is 20.0 Å². The maximum Gasteiger partial charge on any atom is 0.270 e. The van der Waals surface area contributed by atoms with Crippen molar-refractivity contribution in [3.05, 3.63) is 46.5 Å². The van der Waals surface area contributed by atoms with Crippen LogP contribution in [0.25, 0.3) is 5.65 Å². The van der Waals surface area contributed by atoms with E-state index in [0.29, 0.717) is 11.7 Å². The average molecular weight is 286 g/mol. The standard InChI is InChI=1S/C15H18N4O2/c1-10-8-11(5-6-16-10)18-14(20)12-9-17-13-4-2-3-7-19(13)15(12)21/h2-4,7,9-11,16H,5-6,8H2,1H3,(H,18,20). The minimum Gasteiger partial charge on any atom is -0.349 e. The number of pyridine rings is 1. The van der Waals surface area contributed by atoms with Crippen LogP contribution in [-0.4, -0.2) is 33.9 Å². The van der Waals surface area contributed by atoms with Gasteiger partial charge in [0.2, 0.25) is 0 Å². The SMILES string of the molecule is CC1CC(NC(=O)c2cnc3ccccn3c2=O)CCN1. The Kier molecular flexibility index (Phi) is 3.70. The summed E-state index contributed by atoms with van der Waals surface area (Å²) in [5, 5.41) is 6.27. The van der Waals surface area contributed by atoms with Crippen molar-refractivity contribution in [3.63, 3.8) is 0 Å². The highest BCUT2D eigenvalue weighted by Gasteiger charge is 2.22. The zero-order valence-corrected chi connectivity index (χ0v) is 11.9. The van der Waals surface area contributed by atoms with Crippen LogP contribution in [0.4, 0.5) is 0 Å². The van der Waals surface area contributed by atoms with Crippen molar-refractivity contribution in [3.8, 4) is 0 Å². The second-order valence-corrected chi connectivity index (χ2v) is 5.46. The smallest absolute Gasteiger partial charge is 0.270 e. The van der Waals surface area contributed by atoms with E-state index in [4.69, 9.17) is 0 Å². The zero-order valence-electron chi connectivity index (χ0n) is 11.9. The molecule has 110 valence electrons. The molecule has 2 aromatic heterocycles. The van der Waals surface area contributed by atoms with Crippen LogP contribution in [0.2, 0.25) is 0 Å². The van der Waals surface area contributed by atoms with Gasteiger partial charge in [0.15, 0.2) is 0 Å². The van der Waals surface area contributed by atoms with Crippen molar-refractivity contribution in [1.29, 1.82) is 0 Å². The summed E-state index contributed by atoms with van der Waals surface area (Å²) in [5.74, 6) is -0.343. The van der Waals surface area contributed by atoms with Gasteiger partial charge in [-0.15, -0.1) is 0 Å². The van der Waals surface area contributed by atoms with E-state index < -0.39 is 0 Å². The average Bonchev–Trinajstić information content (AvgIpc) is 2.48. The normalized spacial score (nSPS) is 22.1. The van der Waals surface area contributed by atoms with Crippen molar-refractivity contribution in [2.75, 3.05) is 6.54 Å². The summed E-state index contributed by atoms with van der Waals surface area (Å²) >= 11 is 0. The van der Waals surface area contributed by atoms with Gasteiger partial charge in [-0.1, -0.05) is 6.07 Å². The number of nitrogens with zero attached hydrogens (tertiary/aromatic N) is 2. The van der Waals surface area contributed by atoms with E-state index in [2.05, 4.69) is 22.5 Å². The van der Waals surface area contributed by atoms with Gasteiger partial charge in [-0.3, -0.25) is 14.0 Å². The lowest BCUT2D eigenvalue weighted by atomic mass is 10.0. The van der Waals surface area contributed by atoms with E-state index in [1.807, 2.05) is 0 Å². The molecule has 1 aliphatic heterocycles. The van der Waals surface area contributed by atoms with Crippen LogP contribution in [-0.2, 0) is 0 Å². The van der Waals surface area contributed by atoms with Crippen LogP contribution in [0, 0.1) is 0 Å². The summed E-state index contributed by atoms with van der Waals surface area (Å²) in [6, 6.07) is 5.76. The Morgan fingerprint density at radius 2 is 2.33 bits per heavy atom. The predicted octanol–water partition coefficient (Wildman–Crippen LogP) is 0.565. The molecule has 1 aliphatic rings. The topological polar surface area (TPSA) is 75.5 Å². The van der Waals surface area contributed by atoms with E-state index >= 15 is 0 Å². The first-order valence-corrected chi connectivity index (χ1v) is 7.16. The Balaban J connectivity index is 1.84. The minimum atomic E-state index is -0.343. The maximum absolute atomic E-state index is 12.3. The summed E-state index contributed by atoms with van der Waals surface area (Å²) in [6.07, 6.45) is 4.72. The van der Waals surface area contributed by atoms with Crippen molar-refractivity contribution in [2.45, 2.75) is 31.8 Å². The molecule has 2 atom stereocenters. The Morgan fingerprint density at radius 3 is 3.14 bits per heavy atom. The van der Waals surface area contributed by atoms with E-state index in [-0.39, 0.29) is 23.1 Å². The summed E-state index contributed by atoms with van der Waals surface area (Å²) in [6.45, 7) is 2.96. The van der Waals surface area contributed by atoms with Crippen molar-refractivity contribution >= 4 is 11.6 Å². The molecule has 0 radical (unpaired) electrons. The van der Waals surface area contributed by atoms with Crippen LogP contribution < -0.4 is 16.2 Å². The second kappa shape index (κ2) is 5.65. The molecule has 2 N–H and O–H groups in total. The molecule has 1 fully saturated rings. The highest BCUT2D eigenvalue weighted by molar-refractivity contribution is 5.93. The van der Waals surface area contributed by atoms with Gasteiger partial charge in [0.1, 0.15) is 11.2 Å². The first-order valence-electron chi connectivity index (χ1n) is 7.16. The molecule has 6 nitrogen and oxygen atoms in total. The fourth-order valence-corrected chi connectivity index (χ4v) is 2.71. The summed E-state index contributed by atoms with van der Waals surface area (Å²) in [7, 11) is 0. The van der Waals surface area contributed by atoms with Crippen LogP contribution in [0.5, 0.6) is 0 Å². The van der Waals surface area contributed by atoms with Crippen LogP contribution in [0.1, 0.15) is 30.1 Å². The first-order chi connectivity index (χ1) is 10.1. The highest BCUT2D eigenvalue weighted by Crippen LogP contribution is 2.08. The van der Waals surface area contributed by atoms with Gasteiger partial charge in [-0.2, -0.15) is 0 Å². The lowest BCUT2D eigenvalue weighted by Gasteiger charge is -2.28. The largest absolute Gasteiger partial charge is 0.349 e.